The van der Waals surface area contributed by atoms with E-state index >= 15 is 0 Å². The zero-order valence-corrected chi connectivity index (χ0v) is 13.5. The maximum absolute atomic E-state index is 11.8. The summed E-state index contributed by atoms with van der Waals surface area (Å²) in [6.45, 7) is 6.24. The lowest BCUT2D eigenvalue weighted by molar-refractivity contribution is -0.136. The molecule has 120 valence electrons. The lowest BCUT2D eigenvalue weighted by Gasteiger charge is -2.16. The minimum atomic E-state index is -0.686. The van der Waals surface area contributed by atoms with Crippen LogP contribution in [0.4, 0.5) is 4.79 Å². The Morgan fingerprint density at radius 3 is 2.36 bits per heavy atom. The van der Waals surface area contributed by atoms with E-state index in [0.29, 0.717) is 6.42 Å². The standard InChI is InChI=1S/C17H23NO4/c1-17(2,3)11-10-14(15(19)21-4)18-16(20)22-12-13-8-6-5-7-9-13/h5-10H,11-12H2,1-4H3,(H,18,20). The van der Waals surface area contributed by atoms with Crippen molar-refractivity contribution in [1.29, 1.82) is 0 Å². The summed E-state index contributed by atoms with van der Waals surface area (Å²) in [5.74, 6) is -0.596. The number of rotatable bonds is 5. The van der Waals surface area contributed by atoms with Crippen molar-refractivity contribution in [1.82, 2.24) is 5.32 Å². The fourth-order valence-electron chi connectivity index (χ4n) is 1.57. The second-order valence-electron chi connectivity index (χ2n) is 6.06. The van der Waals surface area contributed by atoms with E-state index in [1.807, 2.05) is 51.1 Å². The van der Waals surface area contributed by atoms with Crippen LogP contribution in [0, 0.1) is 5.41 Å². The molecule has 5 heteroatoms. The van der Waals surface area contributed by atoms with Crippen LogP contribution in [0.2, 0.25) is 0 Å². The molecule has 0 fully saturated rings. The molecule has 0 bridgehead atoms. The first kappa shape index (κ1) is 17.8. The van der Waals surface area contributed by atoms with Crippen LogP contribution < -0.4 is 5.32 Å². The molecule has 0 atom stereocenters. The molecule has 0 saturated carbocycles. The average molecular weight is 305 g/mol. The third kappa shape index (κ3) is 6.92. The summed E-state index contributed by atoms with van der Waals surface area (Å²) in [5, 5.41) is 2.44. The van der Waals surface area contributed by atoms with Crippen molar-refractivity contribution < 1.29 is 19.1 Å². The molecule has 1 aromatic carbocycles. The molecule has 1 rings (SSSR count). The molecular formula is C17H23NO4. The van der Waals surface area contributed by atoms with Crippen molar-refractivity contribution in [3.05, 3.63) is 47.7 Å². The van der Waals surface area contributed by atoms with E-state index in [1.165, 1.54) is 7.11 Å². The maximum Gasteiger partial charge on any atom is 0.412 e. The van der Waals surface area contributed by atoms with Gasteiger partial charge in [0.15, 0.2) is 0 Å². The average Bonchev–Trinajstić information content (AvgIpc) is 2.48. The van der Waals surface area contributed by atoms with Gasteiger partial charge >= 0.3 is 12.1 Å². The smallest absolute Gasteiger partial charge is 0.412 e. The molecule has 1 amide bonds. The summed E-state index contributed by atoms with van der Waals surface area (Å²) < 4.78 is 9.75. The van der Waals surface area contributed by atoms with Gasteiger partial charge in [0, 0.05) is 0 Å². The molecule has 0 heterocycles. The van der Waals surface area contributed by atoms with Crippen LogP contribution in [0.1, 0.15) is 32.8 Å². The van der Waals surface area contributed by atoms with Gasteiger partial charge in [0.05, 0.1) is 7.11 Å². The number of carbonyl (C=O) groups excluding carboxylic acids is 2. The Hall–Kier alpha value is -2.30. The minimum absolute atomic E-state index is 0.00506. The highest BCUT2D eigenvalue weighted by atomic mass is 16.6. The van der Waals surface area contributed by atoms with E-state index in [-0.39, 0.29) is 17.7 Å². The van der Waals surface area contributed by atoms with Crippen molar-refractivity contribution in [2.75, 3.05) is 7.11 Å². The Bertz CT molecular complexity index is 529. The van der Waals surface area contributed by atoms with Gasteiger partial charge in [-0.3, -0.25) is 5.32 Å². The van der Waals surface area contributed by atoms with Crippen molar-refractivity contribution in [2.45, 2.75) is 33.8 Å². The highest BCUT2D eigenvalue weighted by molar-refractivity contribution is 5.92. The topological polar surface area (TPSA) is 64.6 Å². The number of alkyl carbamates (subject to hydrolysis) is 1. The van der Waals surface area contributed by atoms with Crippen molar-refractivity contribution >= 4 is 12.1 Å². The number of esters is 1. The van der Waals surface area contributed by atoms with Gasteiger partial charge in [-0.2, -0.15) is 0 Å². The van der Waals surface area contributed by atoms with Gasteiger partial charge in [-0.25, -0.2) is 9.59 Å². The summed E-state index contributed by atoms with van der Waals surface area (Å²) >= 11 is 0. The predicted octanol–water partition coefficient (Wildman–Crippen LogP) is 3.41. The summed E-state index contributed by atoms with van der Waals surface area (Å²) in [4.78, 5) is 23.5. The number of nitrogens with one attached hydrogen (secondary N) is 1. The summed E-state index contributed by atoms with van der Waals surface area (Å²) in [6.07, 6.45) is 1.58. The third-order valence-corrected chi connectivity index (χ3v) is 2.77. The van der Waals surface area contributed by atoms with Gasteiger partial charge < -0.3 is 9.47 Å². The van der Waals surface area contributed by atoms with E-state index in [0.717, 1.165) is 5.56 Å². The van der Waals surface area contributed by atoms with Crippen molar-refractivity contribution in [3.63, 3.8) is 0 Å². The van der Waals surface area contributed by atoms with E-state index in [2.05, 4.69) is 10.1 Å². The Kier molecular flexibility index (Phi) is 6.63. The number of benzene rings is 1. The first-order chi connectivity index (χ1) is 10.3. The third-order valence-electron chi connectivity index (χ3n) is 2.77. The number of ether oxygens (including phenoxy) is 2. The monoisotopic (exact) mass is 305 g/mol. The van der Waals surface area contributed by atoms with Crippen LogP contribution >= 0.6 is 0 Å². The predicted molar refractivity (Wildman–Crippen MR) is 83.9 cm³/mol. The SMILES string of the molecule is COC(=O)C(=CCC(C)(C)C)NC(=O)OCc1ccccc1. The molecule has 0 aliphatic carbocycles. The number of hydrogen-bond donors (Lipinski definition) is 1. The second kappa shape index (κ2) is 8.22. The molecule has 1 aromatic rings. The molecule has 0 aliphatic rings. The summed E-state index contributed by atoms with van der Waals surface area (Å²) in [6, 6.07) is 9.31. The van der Waals surface area contributed by atoms with Crippen LogP contribution in [-0.2, 0) is 20.9 Å². The molecule has 0 spiro atoms. The van der Waals surface area contributed by atoms with Gasteiger partial charge in [-0.05, 0) is 17.4 Å². The van der Waals surface area contributed by atoms with E-state index in [9.17, 15) is 9.59 Å². The lowest BCUT2D eigenvalue weighted by Crippen LogP contribution is -2.29. The highest BCUT2D eigenvalue weighted by Gasteiger charge is 2.16. The highest BCUT2D eigenvalue weighted by Crippen LogP contribution is 2.19. The van der Waals surface area contributed by atoms with Gasteiger partial charge in [-0.1, -0.05) is 57.2 Å². The minimum Gasteiger partial charge on any atom is -0.464 e. The first-order valence-electron chi connectivity index (χ1n) is 7.08. The molecule has 0 aromatic heterocycles. The van der Waals surface area contributed by atoms with E-state index in [4.69, 9.17) is 4.74 Å². The largest absolute Gasteiger partial charge is 0.464 e. The van der Waals surface area contributed by atoms with Crippen LogP contribution in [0.5, 0.6) is 0 Å². The van der Waals surface area contributed by atoms with E-state index in [1.54, 1.807) is 6.08 Å². The van der Waals surface area contributed by atoms with Gasteiger partial charge in [-0.15, -0.1) is 0 Å². The molecule has 22 heavy (non-hydrogen) atoms. The van der Waals surface area contributed by atoms with Crippen LogP contribution in [0.25, 0.3) is 0 Å². The Balaban J connectivity index is 2.61. The van der Waals surface area contributed by atoms with Crippen molar-refractivity contribution in [2.24, 2.45) is 5.41 Å². The van der Waals surface area contributed by atoms with Crippen molar-refractivity contribution in [3.8, 4) is 0 Å². The second-order valence-corrected chi connectivity index (χ2v) is 6.06. The van der Waals surface area contributed by atoms with Crippen LogP contribution in [0.3, 0.4) is 0 Å². The quantitative estimate of drug-likeness (QED) is 0.669. The normalized spacial score (nSPS) is 11.7. The molecule has 5 nitrogen and oxygen atoms in total. The fourth-order valence-corrected chi connectivity index (χ4v) is 1.57. The van der Waals surface area contributed by atoms with Gasteiger partial charge in [0.1, 0.15) is 12.3 Å². The zero-order chi connectivity index (χ0) is 16.6. The number of allylic oxidation sites excluding steroid dienone is 1. The zero-order valence-electron chi connectivity index (χ0n) is 13.5. The summed E-state index contributed by atoms with van der Waals surface area (Å²) in [7, 11) is 1.27. The molecule has 0 aliphatic heterocycles. The summed E-state index contributed by atoms with van der Waals surface area (Å²) in [5.41, 5.74) is 0.959. The molecule has 1 N–H and O–H groups in total. The number of carbonyl (C=O) groups is 2. The van der Waals surface area contributed by atoms with Gasteiger partial charge in [0.25, 0.3) is 0 Å². The molecule has 0 radical (unpaired) electrons. The Labute approximate surface area is 131 Å². The molecule has 0 unspecified atom stereocenters. The Morgan fingerprint density at radius 2 is 1.82 bits per heavy atom. The fraction of sp³-hybridized carbons (Fsp3) is 0.412. The van der Waals surface area contributed by atoms with Crippen LogP contribution in [0.15, 0.2) is 42.1 Å². The van der Waals surface area contributed by atoms with Crippen LogP contribution in [-0.4, -0.2) is 19.2 Å². The molecular weight excluding hydrogens is 282 g/mol. The number of hydrogen-bond acceptors (Lipinski definition) is 4. The molecule has 0 saturated heterocycles. The maximum atomic E-state index is 11.8. The van der Waals surface area contributed by atoms with E-state index < -0.39 is 12.1 Å². The van der Waals surface area contributed by atoms with Gasteiger partial charge in [0.2, 0.25) is 0 Å². The Morgan fingerprint density at radius 1 is 1.18 bits per heavy atom. The number of methoxy groups -OCH3 is 1. The first-order valence-corrected chi connectivity index (χ1v) is 7.08. The number of amides is 1. The lowest BCUT2D eigenvalue weighted by atomic mass is 9.92.